The first-order chi connectivity index (χ1) is 13.7. The summed E-state index contributed by atoms with van der Waals surface area (Å²) in [5.41, 5.74) is 0.929. The molecule has 0 unspecified atom stereocenters. The Morgan fingerprint density at radius 3 is 2.24 bits per heavy atom. The lowest BCUT2D eigenvalue weighted by atomic mass is 9.98. The zero-order valence-corrected chi connectivity index (χ0v) is 16.9. The Kier molecular flexibility index (Phi) is 5.49. The summed E-state index contributed by atoms with van der Waals surface area (Å²) in [7, 11) is 0.176. The topological polar surface area (TPSA) is 125 Å². The average Bonchev–Trinajstić information content (AvgIpc) is 2.71. The summed E-state index contributed by atoms with van der Waals surface area (Å²) < 4.78 is 39.0. The number of carbonyl (C=O) groups is 2. The van der Waals surface area contributed by atoms with Gasteiger partial charge in [0.15, 0.2) is 11.5 Å². The molecular weight excluding hydrogens is 400 g/mol. The quantitative estimate of drug-likeness (QED) is 0.721. The number of benzene rings is 2. The van der Waals surface area contributed by atoms with E-state index in [0.29, 0.717) is 17.1 Å². The van der Waals surface area contributed by atoms with Crippen LogP contribution in [0.15, 0.2) is 35.2 Å². The summed E-state index contributed by atoms with van der Waals surface area (Å²) in [5.74, 6) is -0.288. The lowest BCUT2D eigenvalue weighted by Gasteiger charge is -2.28. The molecule has 2 aromatic rings. The molecule has 0 bridgehead atoms. The van der Waals surface area contributed by atoms with Crippen molar-refractivity contribution in [2.75, 3.05) is 27.9 Å². The smallest absolute Gasteiger partial charge is 0.261 e. The highest BCUT2D eigenvalue weighted by Gasteiger charge is 2.32. The lowest BCUT2D eigenvalue weighted by Crippen LogP contribution is -2.42. The van der Waals surface area contributed by atoms with Crippen LogP contribution >= 0.6 is 0 Å². The zero-order chi connectivity index (χ0) is 21.3. The van der Waals surface area contributed by atoms with E-state index in [1.807, 2.05) is 0 Å². The fraction of sp³-hybridized carbons (Fsp3) is 0.263. The molecule has 9 nitrogen and oxygen atoms in total. The van der Waals surface area contributed by atoms with Gasteiger partial charge in [-0.3, -0.25) is 14.5 Å². The van der Waals surface area contributed by atoms with Gasteiger partial charge in [-0.15, -0.1) is 0 Å². The first-order valence-corrected chi connectivity index (χ1v) is 10.1. The molecule has 29 heavy (non-hydrogen) atoms. The molecule has 0 atom stereocenters. The van der Waals surface area contributed by atoms with Gasteiger partial charge in [0.25, 0.3) is 11.8 Å². The van der Waals surface area contributed by atoms with Gasteiger partial charge < -0.3 is 14.2 Å². The Labute approximate surface area is 168 Å². The summed E-state index contributed by atoms with van der Waals surface area (Å²) in [4.78, 5) is 26.8. The van der Waals surface area contributed by atoms with Crippen molar-refractivity contribution >= 4 is 21.8 Å². The van der Waals surface area contributed by atoms with Crippen LogP contribution in [0.3, 0.4) is 0 Å². The predicted molar refractivity (Wildman–Crippen MR) is 103 cm³/mol. The van der Waals surface area contributed by atoms with Crippen LogP contribution in [0.5, 0.6) is 17.2 Å². The third-order valence-electron chi connectivity index (χ3n) is 4.65. The molecule has 0 saturated carbocycles. The van der Waals surface area contributed by atoms with E-state index < -0.39 is 21.8 Å². The number of hydrogen-bond acceptors (Lipinski definition) is 7. The van der Waals surface area contributed by atoms with Crippen molar-refractivity contribution in [3.8, 4) is 17.2 Å². The van der Waals surface area contributed by atoms with E-state index >= 15 is 0 Å². The van der Waals surface area contributed by atoms with Crippen LogP contribution < -0.4 is 19.3 Å². The van der Waals surface area contributed by atoms with E-state index in [1.165, 1.54) is 45.6 Å². The molecule has 2 N–H and O–H groups in total. The number of primary sulfonamides is 1. The molecule has 1 heterocycles. The highest BCUT2D eigenvalue weighted by molar-refractivity contribution is 7.89. The van der Waals surface area contributed by atoms with E-state index in [1.54, 1.807) is 6.07 Å². The Bertz CT molecular complexity index is 1100. The van der Waals surface area contributed by atoms with Crippen LogP contribution in [0.4, 0.5) is 0 Å². The zero-order valence-electron chi connectivity index (χ0n) is 16.1. The number of carbonyl (C=O) groups excluding carboxylic acids is 2. The van der Waals surface area contributed by atoms with E-state index in [9.17, 15) is 18.0 Å². The van der Waals surface area contributed by atoms with Gasteiger partial charge in [0.2, 0.25) is 10.0 Å². The molecular formula is C19H20N2O7S. The molecule has 0 saturated heterocycles. The highest BCUT2D eigenvalue weighted by atomic mass is 32.2. The monoisotopic (exact) mass is 420 g/mol. The van der Waals surface area contributed by atoms with Gasteiger partial charge in [-0.2, -0.15) is 0 Å². The number of sulfonamides is 1. The molecule has 2 aromatic carbocycles. The SMILES string of the molecule is COc1ccc(C(=O)N2CCc3cc(S(N)(=O)=O)c(OC)cc3C2=O)cc1OC. The molecule has 0 aromatic heterocycles. The highest BCUT2D eigenvalue weighted by Crippen LogP contribution is 2.32. The fourth-order valence-corrected chi connectivity index (χ4v) is 3.92. The van der Waals surface area contributed by atoms with Gasteiger partial charge in [-0.1, -0.05) is 0 Å². The van der Waals surface area contributed by atoms with Crippen LogP contribution in [0.25, 0.3) is 0 Å². The minimum Gasteiger partial charge on any atom is -0.495 e. The van der Waals surface area contributed by atoms with Gasteiger partial charge in [-0.25, -0.2) is 13.6 Å². The molecule has 1 aliphatic rings. The maximum absolute atomic E-state index is 13.0. The first kappa shape index (κ1) is 20.6. The van der Waals surface area contributed by atoms with Gasteiger partial charge in [0.05, 0.1) is 21.3 Å². The van der Waals surface area contributed by atoms with Gasteiger partial charge in [0, 0.05) is 17.7 Å². The number of rotatable bonds is 5. The average molecular weight is 420 g/mol. The minimum absolute atomic E-state index is 0.0555. The standard InChI is InChI=1S/C19H20N2O7S/c1-26-14-5-4-12(8-15(14)27-2)18(22)21-7-6-11-9-17(29(20,24)25)16(28-3)10-13(11)19(21)23/h4-5,8-10H,6-7H2,1-3H3,(H2,20,24,25). The maximum Gasteiger partial charge on any atom is 0.261 e. The Hall–Kier alpha value is -3.11. The predicted octanol–water partition coefficient (Wildman–Crippen LogP) is 1.20. The summed E-state index contributed by atoms with van der Waals surface area (Å²) in [6.45, 7) is 0.0927. The second-order valence-electron chi connectivity index (χ2n) is 6.29. The van der Waals surface area contributed by atoms with E-state index in [0.717, 1.165) is 4.90 Å². The van der Waals surface area contributed by atoms with Crippen molar-refractivity contribution in [3.63, 3.8) is 0 Å². The minimum atomic E-state index is -4.03. The first-order valence-electron chi connectivity index (χ1n) is 8.53. The lowest BCUT2D eigenvalue weighted by molar-refractivity contribution is 0.0604. The summed E-state index contributed by atoms with van der Waals surface area (Å²) in [6, 6.07) is 7.23. The van der Waals surface area contributed by atoms with Crippen LogP contribution in [0.2, 0.25) is 0 Å². The summed E-state index contributed by atoms with van der Waals surface area (Å²) in [6.07, 6.45) is 0.284. The van der Waals surface area contributed by atoms with Gasteiger partial charge in [-0.05, 0) is 42.3 Å². The number of fused-ring (bicyclic) bond motifs is 1. The second-order valence-corrected chi connectivity index (χ2v) is 7.82. The molecule has 154 valence electrons. The fourth-order valence-electron chi connectivity index (χ4n) is 3.19. The van der Waals surface area contributed by atoms with E-state index in [2.05, 4.69) is 0 Å². The second kappa shape index (κ2) is 7.72. The molecule has 3 rings (SSSR count). The van der Waals surface area contributed by atoms with Crippen molar-refractivity contribution in [1.82, 2.24) is 4.90 Å². The number of nitrogens with zero attached hydrogens (tertiary/aromatic N) is 1. The Morgan fingerprint density at radius 1 is 1.00 bits per heavy atom. The summed E-state index contributed by atoms with van der Waals surface area (Å²) >= 11 is 0. The maximum atomic E-state index is 13.0. The number of amides is 2. The molecule has 2 amide bonds. The molecule has 1 aliphatic heterocycles. The molecule has 0 aliphatic carbocycles. The van der Waals surface area contributed by atoms with Crippen LogP contribution in [-0.4, -0.2) is 53.0 Å². The van der Waals surface area contributed by atoms with Gasteiger partial charge in [0.1, 0.15) is 10.6 Å². The number of methoxy groups -OCH3 is 3. The molecule has 10 heteroatoms. The van der Waals surface area contributed by atoms with Crippen LogP contribution in [0, 0.1) is 0 Å². The summed E-state index contributed by atoms with van der Waals surface area (Å²) in [5, 5.41) is 5.22. The third kappa shape index (κ3) is 3.76. The van der Waals surface area contributed by atoms with Crippen LogP contribution in [-0.2, 0) is 16.4 Å². The van der Waals surface area contributed by atoms with Gasteiger partial charge >= 0.3 is 0 Å². The number of nitrogens with two attached hydrogens (primary N) is 1. The Balaban J connectivity index is 1.98. The number of hydrogen-bond donors (Lipinski definition) is 1. The van der Waals surface area contributed by atoms with Crippen molar-refractivity contribution in [2.24, 2.45) is 5.14 Å². The largest absolute Gasteiger partial charge is 0.495 e. The molecule has 0 spiro atoms. The van der Waals surface area contributed by atoms with Crippen LogP contribution in [0.1, 0.15) is 26.3 Å². The normalized spacial score (nSPS) is 13.7. The van der Waals surface area contributed by atoms with Crippen molar-refractivity contribution in [2.45, 2.75) is 11.3 Å². The van der Waals surface area contributed by atoms with E-state index in [-0.39, 0.29) is 34.7 Å². The number of ether oxygens (including phenoxy) is 3. The molecule has 0 radical (unpaired) electrons. The number of imide groups is 1. The Morgan fingerprint density at radius 2 is 1.66 bits per heavy atom. The molecule has 0 fully saturated rings. The van der Waals surface area contributed by atoms with Crippen molar-refractivity contribution in [1.29, 1.82) is 0 Å². The van der Waals surface area contributed by atoms with Crippen molar-refractivity contribution < 1.29 is 32.2 Å². The van der Waals surface area contributed by atoms with Crippen molar-refractivity contribution in [3.05, 3.63) is 47.0 Å². The van der Waals surface area contributed by atoms with E-state index in [4.69, 9.17) is 19.3 Å². The third-order valence-corrected chi connectivity index (χ3v) is 5.58.